The molecule has 2 N–H and O–H groups in total. The lowest BCUT2D eigenvalue weighted by Gasteiger charge is -2.41. The molecule has 15 aliphatic rings. The van der Waals surface area contributed by atoms with Crippen molar-refractivity contribution in [2.75, 3.05) is 30.0 Å². The van der Waals surface area contributed by atoms with Crippen molar-refractivity contribution in [3.8, 4) is 0 Å². The van der Waals surface area contributed by atoms with Crippen LogP contribution in [0.15, 0.2) is 258 Å². The van der Waals surface area contributed by atoms with Gasteiger partial charge in [-0.05, 0) is 186 Å². The number of guanidine groups is 1. The Kier molecular flexibility index (Phi) is 24.4. The molecule has 0 bridgehead atoms. The van der Waals surface area contributed by atoms with Crippen LogP contribution in [-0.2, 0) is 77.8 Å². The minimum atomic E-state index is -3.18. The highest BCUT2D eigenvalue weighted by Crippen LogP contribution is 2.53. The number of anilines is 1. The van der Waals surface area contributed by atoms with E-state index in [-0.39, 0.29) is 45.2 Å². The van der Waals surface area contributed by atoms with Gasteiger partial charge in [-0.2, -0.15) is 4.98 Å². The molecule has 12 aromatic rings. The number of benzene rings is 7. The second kappa shape index (κ2) is 37.6. The second-order valence-electron chi connectivity index (χ2n) is 41.2. The number of imidazole rings is 2. The topological polar surface area (TPSA) is 328 Å². The SMILES string of the molecule is Cn1c(CC2=NC3(CCCC3)C3=C(CCCC3=O)C2)nc2ccccc21.O=C1CCCC2=C1C1(CCCC1)N=C(Cc1nc3ccccc3n1Cc1ccccc1)C2.O=C1CCCC2=C1C1(CCCC1)N=C(Nc1nc3cc4ccccc4cc3o1)N2.O=C1CCCC2=C1C1(CCOCC1)N=C(Cc1nc3ccccc3o1)C2.O=C1CCCC2=C1C1(CCS(=O)(=O)C1)N=C(Cc1nc3ccccc3o1)C2. The number of carbonyl (C=O) groups is 5. The van der Waals surface area contributed by atoms with Gasteiger partial charge in [0.05, 0.1) is 68.6 Å². The van der Waals surface area contributed by atoms with E-state index in [0.29, 0.717) is 111 Å². The van der Waals surface area contributed by atoms with Crippen molar-refractivity contribution in [3.63, 3.8) is 0 Å². The van der Waals surface area contributed by atoms with Gasteiger partial charge in [0.2, 0.25) is 17.7 Å². The van der Waals surface area contributed by atoms with E-state index in [0.717, 1.165) is 285 Å². The number of nitrogens with zero attached hydrogens (tertiary/aromatic N) is 12. The van der Waals surface area contributed by atoms with E-state index in [1.54, 1.807) is 0 Å². The Bertz CT molecular complexity index is 7400. The van der Waals surface area contributed by atoms with Crippen molar-refractivity contribution in [1.82, 2.24) is 39.4 Å². The number of allylic oxidation sites excluding steroid dienone is 5. The fraction of sp³-hybridized carbons (Fsp3) is 0.430. The van der Waals surface area contributed by atoms with Crippen molar-refractivity contribution in [2.45, 2.75) is 278 Å². The smallest absolute Gasteiger partial charge is 0.302 e. The number of carbonyl (C=O) groups excluding carboxylic acids is 5. The van der Waals surface area contributed by atoms with Crippen LogP contribution in [0, 0.1) is 0 Å². The third-order valence-corrected chi connectivity index (χ3v) is 33.6. The first-order valence-corrected chi connectivity index (χ1v) is 53.0. The van der Waals surface area contributed by atoms with Crippen LogP contribution in [0.2, 0.25) is 0 Å². The quantitative estimate of drug-likeness (QED) is 0.121. The first kappa shape index (κ1) is 90.9. The molecular weight excluding hydrogens is 1770 g/mol. The first-order chi connectivity index (χ1) is 68.3. The Hall–Kier alpha value is -12.9. The number of aliphatic imine (C=N–C) groups is 5. The van der Waals surface area contributed by atoms with E-state index >= 15 is 0 Å². The van der Waals surface area contributed by atoms with Gasteiger partial charge in [0.25, 0.3) is 0 Å². The average Bonchev–Trinajstić information content (AvgIpc) is 1.63. The number of dihydropyridines is 4. The Balaban J connectivity index is 0.0000000978. The molecule has 1 atom stereocenters. The molecule has 3 saturated carbocycles. The molecule has 7 aromatic carbocycles. The van der Waals surface area contributed by atoms with Crippen molar-refractivity contribution < 1.29 is 50.4 Å². The van der Waals surface area contributed by atoms with Gasteiger partial charge in [0, 0.05) is 167 Å². The van der Waals surface area contributed by atoms with Crippen LogP contribution in [0.25, 0.3) is 66.1 Å². The van der Waals surface area contributed by atoms with Gasteiger partial charge in [-0.25, -0.2) is 33.3 Å². The molecule has 5 aromatic heterocycles. The molecule has 8 aliphatic carbocycles. The summed E-state index contributed by atoms with van der Waals surface area (Å²) in [5, 5.41) is 8.85. The molecule has 12 heterocycles. The molecular formula is C114H118N14O11S. The van der Waals surface area contributed by atoms with Crippen LogP contribution in [0.5, 0.6) is 0 Å². The minimum Gasteiger partial charge on any atom is -0.440 e. The number of nitrogens with one attached hydrogen (secondary N) is 2. The van der Waals surface area contributed by atoms with Crippen molar-refractivity contribution in [2.24, 2.45) is 32.0 Å². The number of rotatable bonds is 11. The van der Waals surface area contributed by atoms with E-state index in [1.165, 1.54) is 70.4 Å². The maximum atomic E-state index is 12.9. The summed E-state index contributed by atoms with van der Waals surface area (Å²) in [6.07, 6.45) is 33.4. The number of Topliss-reactive ketones (excluding diaryl/α,β-unsaturated/α-hetero) is 5. The number of sulfone groups is 1. The zero-order valence-corrected chi connectivity index (χ0v) is 80.6. The first-order valence-electron chi connectivity index (χ1n) is 51.1. The number of oxazole rings is 3. The highest BCUT2D eigenvalue weighted by Gasteiger charge is 2.53. The van der Waals surface area contributed by atoms with Crippen molar-refractivity contribution in [3.05, 3.63) is 249 Å². The maximum Gasteiger partial charge on any atom is 0.302 e. The maximum absolute atomic E-state index is 12.9. The third-order valence-electron chi connectivity index (χ3n) is 31.8. The summed E-state index contributed by atoms with van der Waals surface area (Å²) in [6, 6.07) is 55.3. The summed E-state index contributed by atoms with van der Waals surface area (Å²) in [7, 11) is -1.09. The van der Waals surface area contributed by atoms with E-state index in [4.69, 9.17) is 52.9 Å². The van der Waals surface area contributed by atoms with Gasteiger partial charge in [-0.1, -0.05) is 164 Å². The monoisotopic (exact) mass is 1890 g/mol. The molecule has 0 amide bonds. The van der Waals surface area contributed by atoms with Crippen LogP contribution in [0.4, 0.5) is 6.01 Å². The van der Waals surface area contributed by atoms with Crippen LogP contribution >= 0.6 is 0 Å². The van der Waals surface area contributed by atoms with E-state index in [2.05, 4.69) is 127 Å². The number of aromatic nitrogens is 7. The molecule has 26 heteroatoms. The lowest BCUT2D eigenvalue weighted by Crippen LogP contribution is -2.46. The molecule has 2 saturated heterocycles. The predicted molar refractivity (Wildman–Crippen MR) is 545 cm³/mol. The van der Waals surface area contributed by atoms with Crippen LogP contribution in [0.1, 0.15) is 247 Å². The Labute approximate surface area is 813 Å². The summed E-state index contributed by atoms with van der Waals surface area (Å²) in [6.45, 7) is 2.15. The number of para-hydroxylation sites is 8. The molecule has 5 spiro atoms. The van der Waals surface area contributed by atoms with Gasteiger partial charge in [-0.15, -0.1) is 0 Å². The Morgan fingerprint density at radius 2 is 0.793 bits per heavy atom. The zero-order valence-electron chi connectivity index (χ0n) is 79.8. The number of ether oxygens (including phenoxy) is 1. The molecule has 5 fully saturated rings. The number of fused-ring (bicyclic) bond motifs is 11. The van der Waals surface area contributed by atoms with Crippen LogP contribution < -0.4 is 10.6 Å². The Morgan fingerprint density at radius 3 is 1.31 bits per heavy atom. The van der Waals surface area contributed by atoms with Crippen molar-refractivity contribution in [1.29, 1.82) is 0 Å². The van der Waals surface area contributed by atoms with E-state index < -0.39 is 15.4 Å². The zero-order chi connectivity index (χ0) is 94.9. The molecule has 1 unspecified atom stereocenters. The standard InChI is InChI=1S/C28H29N3O.C23H22N4O2.C22H25N3O.C21H22N2O3.C20H20N2O4S/c32-25-14-8-11-21-17-22(30-28(27(21)25)15-6-7-16-28)18-26-29-23-12-4-5-13-24(23)31(26)19-20-9-2-1-3-10-20;28-18-9-5-8-16-20(18)23(10-3-4-11-23)27-21(24-16)26-22-25-17-12-14-6-1-2-7-15(14)13-19(17)29-22;1-25-18-9-3-2-8-17(18)23-20(25)14-16-13-15-7-6-10-19(26)21(15)22(24-16)11-4-5-12-22;24-17-6-3-4-14-12-15(23-21(20(14)17)8-10-25-11-9-21)13-19-22-16-5-1-2-7-18(16)26-19;23-16-6-3-4-13-10-14(11-18-21-15-5-1-2-7-17(15)26-18)22-20(19(13)16)8-9-27(24,25)12-20/h1-5,9-10,12-13H,6-8,11,14-19H2;1-2,6-7,12-13H,3-5,8-11H2,(H2,24,25,26,27);2-3,8-9H,4-7,10-14H2,1H3;1-2,5,7H,3-4,6,8-13H2;1-2,5,7H,3-4,6,8-12H2. The molecule has 25 nitrogen and oxygen atoms in total. The average molecular weight is 1890 g/mol. The summed E-state index contributed by atoms with van der Waals surface area (Å²) in [4.78, 5) is 113. The van der Waals surface area contributed by atoms with Crippen LogP contribution in [-0.4, -0.2) is 153 Å². The molecule has 140 heavy (non-hydrogen) atoms. The Morgan fingerprint density at radius 1 is 0.371 bits per heavy atom. The highest BCUT2D eigenvalue weighted by atomic mass is 32.2. The summed E-state index contributed by atoms with van der Waals surface area (Å²) in [5.74, 6) is 5.50. The highest BCUT2D eigenvalue weighted by molar-refractivity contribution is 7.91. The summed E-state index contributed by atoms with van der Waals surface area (Å²) < 4.78 is 52.3. The molecule has 7 aliphatic heterocycles. The number of hydrogen-bond acceptors (Lipinski definition) is 23. The lowest BCUT2D eigenvalue weighted by molar-refractivity contribution is -0.118. The lowest BCUT2D eigenvalue weighted by atomic mass is 9.71. The molecule has 716 valence electrons. The minimum absolute atomic E-state index is 0.0539. The largest absolute Gasteiger partial charge is 0.440 e. The fourth-order valence-corrected chi connectivity index (χ4v) is 27.8. The molecule has 27 rings (SSSR count). The van der Waals surface area contributed by atoms with Gasteiger partial charge < -0.3 is 32.4 Å². The second-order valence-corrected chi connectivity index (χ2v) is 43.4. The number of aryl methyl sites for hydroxylation is 1. The van der Waals surface area contributed by atoms with Gasteiger partial charge in [-0.3, -0.25) is 49.3 Å². The van der Waals surface area contributed by atoms with E-state index in [9.17, 15) is 32.4 Å². The summed E-state index contributed by atoms with van der Waals surface area (Å²) >= 11 is 0. The van der Waals surface area contributed by atoms with E-state index in [1.807, 2.05) is 78.9 Å². The number of ketones is 5. The van der Waals surface area contributed by atoms with Gasteiger partial charge in [0.1, 0.15) is 33.7 Å². The molecule has 0 radical (unpaired) electrons. The van der Waals surface area contributed by atoms with Gasteiger partial charge >= 0.3 is 6.01 Å². The predicted octanol–water partition coefficient (Wildman–Crippen LogP) is 21.5. The van der Waals surface area contributed by atoms with Crippen LogP contribution in [0.3, 0.4) is 0 Å². The normalized spacial score (nSPS) is 22.5. The fourth-order valence-electron chi connectivity index (χ4n) is 25.9. The van der Waals surface area contributed by atoms with Crippen molar-refractivity contribution >= 4 is 140 Å². The summed E-state index contributed by atoms with van der Waals surface area (Å²) in [5.41, 5.74) is 23.8. The van der Waals surface area contributed by atoms with Gasteiger partial charge in [0.15, 0.2) is 55.5 Å². The number of hydrogen-bond donors (Lipinski definition) is 2. The third kappa shape index (κ3) is 17.8.